The maximum absolute atomic E-state index is 9.64. The number of hydrogen-bond acceptors (Lipinski definition) is 3. The van der Waals surface area contributed by atoms with Gasteiger partial charge in [0.05, 0.1) is 25.4 Å². The number of halogens is 1. The minimum atomic E-state index is -0.444. The lowest BCUT2D eigenvalue weighted by Gasteiger charge is -2.37. The van der Waals surface area contributed by atoms with Gasteiger partial charge in [0.15, 0.2) is 0 Å². The number of aliphatic hydroxyl groups excluding tert-OH is 1. The average Bonchev–Trinajstić information content (AvgIpc) is 2.38. The molecule has 1 heterocycles. The molecule has 1 N–H and O–H groups in total. The third kappa shape index (κ3) is 2.87. The fraction of sp³-hybridized carbons (Fsp3) is 0.571. The number of rotatable bonds is 3. The van der Waals surface area contributed by atoms with Crippen LogP contribution in [0.3, 0.4) is 0 Å². The lowest BCUT2D eigenvalue weighted by molar-refractivity contribution is 0.0930. The molecule has 0 amide bonds. The van der Waals surface area contributed by atoms with Crippen molar-refractivity contribution in [3.63, 3.8) is 0 Å². The summed E-state index contributed by atoms with van der Waals surface area (Å²) in [4.78, 5) is 2.39. The van der Waals surface area contributed by atoms with Gasteiger partial charge in [-0.3, -0.25) is 0 Å². The van der Waals surface area contributed by atoms with Gasteiger partial charge in [0.1, 0.15) is 0 Å². The van der Waals surface area contributed by atoms with Crippen molar-refractivity contribution < 1.29 is 9.84 Å². The summed E-state index contributed by atoms with van der Waals surface area (Å²) in [6.45, 7) is 6.48. The SMILES string of the molecule is CCC1COCCN1c1ccc([C@@H](C)O)c(Br)c1. The fourth-order valence-corrected chi connectivity index (χ4v) is 3.06. The van der Waals surface area contributed by atoms with Crippen molar-refractivity contribution >= 4 is 21.6 Å². The van der Waals surface area contributed by atoms with Crippen LogP contribution in [0.5, 0.6) is 0 Å². The molecule has 0 aliphatic carbocycles. The highest BCUT2D eigenvalue weighted by molar-refractivity contribution is 9.10. The molecule has 0 saturated carbocycles. The van der Waals surface area contributed by atoms with E-state index in [2.05, 4.69) is 39.9 Å². The molecule has 3 nitrogen and oxygen atoms in total. The molecule has 0 aromatic heterocycles. The van der Waals surface area contributed by atoms with Gasteiger partial charge in [-0.15, -0.1) is 0 Å². The maximum Gasteiger partial charge on any atom is 0.0772 e. The van der Waals surface area contributed by atoms with E-state index in [1.807, 2.05) is 6.07 Å². The monoisotopic (exact) mass is 313 g/mol. The van der Waals surface area contributed by atoms with Crippen molar-refractivity contribution in [3.8, 4) is 0 Å². The molecule has 0 bridgehead atoms. The third-order valence-corrected chi connectivity index (χ3v) is 4.15. The molecule has 18 heavy (non-hydrogen) atoms. The number of anilines is 1. The maximum atomic E-state index is 9.64. The Bertz CT molecular complexity index is 409. The van der Waals surface area contributed by atoms with E-state index in [1.54, 1.807) is 6.92 Å². The van der Waals surface area contributed by atoms with Crippen LogP contribution in [-0.2, 0) is 4.74 Å². The van der Waals surface area contributed by atoms with Crippen LogP contribution >= 0.6 is 15.9 Å². The number of aliphatic hydroxyl groups is 1. The molecular weight excluding hydrogens is 294 g/mol. The minimum absolute atomic E-state index is 0.444. The summed E-state index contributed by atoms with van der Waals surface area (Å²) in [7, 11) is 0. The zero-order valence-corrected chi connectivity index (χ0v) is 12.5. The molecule has 4 heteroatoms. The van der Waals surface area contributed by atoms with Crippen molar-refractivity contribution in [2.45, 2.75) is 32.4 Å². The van der Waals surface area contributed by atoms with Crippen molar-refractivity contribution in [2.24, 2.45) is 0 Å². The second-order valence-corrected chi connectivity index (χ2v) is 5.57. The van der Waals surface area contributed by atoms with Gasteiger partial charge in [-0.2, -0.15) is 0 Å². The molecular formula is C14H20BrNO2. The molecule has 1 aromatic carbocycles. The van der Waals surface area contributed by atoms with Crippen LogP contribution in [0.4, 0.5) is 5.69 Å². The first-order chi connectivity index (χ1) is 8.63. The molecule has 0 radical (unpaired) electrons. The van der Waals surface area contributed by atoms with E-state index in [4.69, 9.17) is 4.74 Å². The Morgan fingerprint density at radius 2 is 2.33 bits per heavy atom. The molecule has 1 fully saturated rings. The van der Waals surface area contributed by atoms with E-state index in [1.165, 1.54) is 5.69 Å². The summed E-state index contributed by atoms with van der Waals surface area (Å²) in [5.41, 5.74) is 2.13. The van der Waals surface area contributed by atoms with Gasteiger partial charge in [0.2, 0.25) is 0 Å². The average molecular weight is 314 g/mol. The predicted molar refractivity (Wildman–Crippen MR) is 77.0 cm³/mol. The van der Waals surface area contributed by atoms with Crippen LogP contribution < -0.4 is 4.90 Å². The Labute approximate surface area is 117 Å². The van der Waals surface area contributed by atoms with E-state index in [0.29, 0.717) is 6.04 Å². The number of ether oxygens (including phenoxy) is 1. The summed E-state index contributed by atoms with van der Waals surface area (Å²) >= 11 is 3.54. The molecule has 2 atom stereocenters. The van der Waals surface area contributed by atoms with E-state index < -0.39 is 6.10 Å². The summed E-state index contributed by atoms with van der Waals surface area (Å²) in [5.74, 6) is 0. The molecule has 100 valence electrons. The Hall–Kier alpha value is -0.580. The standard InChI is InChI=1S/C14H20BrNO2/c1-3-11-9-18-7-6-16(11)12-4-5-13(10(2)17)14(15)8-12/h4-5,8,10-11,17H,3,6-7,9H2,1-2H3/t10-,11?/m1/s1. The molecule has 0 spiro atoms. The number of nitrogens with zero attached hydrogens (tertiary/aromatic N) is 1. The normalized spacial score (nSPS) is 22.0. The first-order valence-corrected chi connectivity index (χ1v) is 7.24. The van der Waals surface area contributed by atoms with Crippen molar-refractivity contribution in [3.05, 3.63) is 28.2 Å². The number of morpholine rings is 1. The van der Waals surface area contributed by atoms with E-state index in [-0.39, 0.29) is 0 Å². The second-order valence-electron chi connectivity index (χ2n) is 4.71. The molecule has 2 rings (SSSR count). The predicted octanol–water partition coefficient (Wildman–Crippen LogP) is 3.12. The zero-order valence-electron chi connectivity index (χ0n) is 10.9. The van der Waals surface area contributed by atoms with E-state index in [0.717, 1.165) is 36.2 Å². The number of hydrogen-bond donors (Lipinski definition) is 1. The van der Waals surface area contributed by atoms with Gasteiger partial charge in [-0.1, -0.05) is 28.9 Å². The highest BCUT2D eigenvalue weighted by Gasteiger charge is 2.22. The molecule has 1 saturated heterocycles. The van der Waals surface area contributed by atoms with Crippen LogP contribution in [0.2, 0.25) is 0 Å². The zero-order chi connectivity index (χ0) is 13.1. The first-order valence-electron chi connectivity index (χ1n) is 6.45. The van der Waals surface area contributed by atoms with Gasteiger partial charge in [0, 0.05) is 16.7 Å². The van der Waals surface area contributed by atoms with Crippen LogP contribution in [0, 0.1) is 0 Å². The summed E-state index contributed by atoms with van der Waals surface area (Å²) in [5, 5.41) is 9.64. The lowest BCUT2D eigenvalue weighted by Crippen LogP contribution is -2.45. The van der Waals surface area contributed by atoms with Crippen LogP contribution in [0.25, 0.3) is 0 Å². The lowest BCUT2D eigenvalue weighted by atomic mass is 10.1. The molecule has 1 unspecified atom stereocenters. The Morgan fingerprint density at radius 3 is 2.94 bits per heavy atom. The molecule has 1 aliphatic heterocycles. The van der Waals surface area contributed by atoms with Gasteiger partial charge in [-0.25, -0.2) is 0 Å². The Morgan fingerprint density at radius 1 is 1.56 bits per heavy atom. The van der Waals surface area contributed by atoms with Gasteiger partial charge < -0.3 is 14.7 Å². The summed E-state index contributed by atoms with van der Waals surface area (Å²) in [6.07, 6.45) is 0.635. The van der Waals surface area contributed by atoms with Crippen molar-refractivity contribution in [2.75, 3.05) is 24.7 Å². The smallest absolute Gasteiger partial charge is 0.0772 e. The quantitative estimate of drug-likeness (QED) is 0.930. The van der Waals surface area contributed by atoms with Gasteiger partial charge in [-0.05, 0) is 31.0 Å². The summed E-state index contributed by atoms with van der Waals surface area (Å²) in [6, 6.07) is 6.62. The highest BCUT2D eigenvalue weighted by Crippen LogP contribution is 2.30. The largest absolute Gasteiger partial charge is 0.389 e. The topological polar surface area (TPSA) is 32.7 Å². The van der Waals surface area contributed by atoms with Crippen molar-refractivity contribution in [1.29, 1.82) is 0 Å². The van der Waals surface area contributed by atoms with Crippen LogP contribution in [0.15, 0.2) is 22.7 Å². The minimum Gasteiger partial charge on any atom is -0.389 e. The van der Waals surface area contributed by atoms with Crippen LogP contribution in [0.1, 0.15) is 31.9 Å². The molecule has 1 aromatic rings. The molecule has 1 aliphatic rings. The van der Waals surface area contributed by atoms with Crippen LogP contribution in [-0.4, -0.2) is 30.9 Å². The summed E-state index contributed by atoms with van der Waals surface area (Å²) < 4.78 is 6.49. The van der Waals surface area contributed by atoms with Gasteiger partial charge in [0.25, 0.3) is 0 Å². The van der Waals surface area contributed by atoms with Crippen molar-refractivity contribution in [1.82, 2.24) is 0 Å². The van der Waals surface area contributed by atoms with E-state index in [9.17, 15) is 5.11 Å². The Kier molecular flexibility index (Phi) is 4.65. The fourth-order valence-electron chi connectivity index (χ4n) is 2.37. The van der Waals surface area contributed by atoms with Gasteiger partial charge >= 0.3 is 0 Å². The second kappa shape index (κ2) is 6.04. The highest BCUT2D eigenvalue weighted by atomic mass is 79.9. The number of benzene rings is 1. The Balaban J connectivity index is 2.24. The third-order valence-electron chi connectivity index (χ3n) is 3.46. The van der Waals surface area contributed by atoms with E-state index >= 15 is 0 Å². The first kappa shape index (κ1) is 13.8.